The zero-order valence-corrected chi connectivity index (χ0v) is 16.2. The molecule has 7 heteroatoms. The number of hydrogen-bond acceptors (Lipinski definition) is 5. The first-order valence-electron chi connectivity index (χ1n) is 9.12. The highest BCUT2D eigenvalue weighted by Gasteiger charge is 2.36. The fourth-order valence-electron chi connectivity index (χ4n) is 3.21. The number of amides is 2. The number of anilines is 2. The summed E-state index contributed by atoms with van der Waals surface area (Å²) in [4.78, 5) is 26.9. The van der Waals surface area contributed by atoms with Gasteiger partial charge in [-0.05, 0) is 31.2 Å². The Kier molecular flexibility index (Phi) is 6.03. The van der Waals surface area contributed by atoms with Gasteiger partial charge in [-0.1, -0.05) is 12.1 Å². The molecule has 1 aliphatic heterocycles. The summed E-state index contributed by atoms with van der Waals surface area (Å²) in [6, 6.07) is 12.5. The van der Waals surface area contributed by atoms with Crippen LogP contribution >= 0.6 is 0 Å². The minimum Gasteiger partial charge on any atom is -0.497 e. The van der Waals surface area contributed by atoms with Crippen molar-refractivity contribution in [2.45, 2.75) is 13.3 Å². The van der Waals surface area contributed by atoms with Crippen molar-refractivity contribution in [1.29, 1.82) is 0 Å². The van der Waals surface area contributed by atoms with Crippen LogP contribution in [0.3, 0.4) is 0 Å². The van der Waals surface area contributed by atoms with Crippen molar-refractivity contribution in [3.8, 4) is 17.2 Å². The topological polar surface area (TPSA) is 77.1 Å². The lowest BCUT2D eigenvalue weighted by Crippen LogP contribution is -2.28. The zero-order chi connectivity index (χ0) is 20.1. The normalized spacial score (nSPS) is 16.0. The van der Waals surface area contributed by atoms with Crippen LogP contribution in [0.25, 0.3) is 0 Å². The molecule has 1 fully saturated rings. The number of methoxy groups -OCH3 is 2. The van der Waals surface area contributed by atoms with Crippen LogP contribution in [0, 0.1) is 5.92 Å². The Balaban J connectivity index is 1.75. The van der Waals surface area contributed by atoms with Gasteiger partial charge in [-0.25, -0.2) is 0 Å². The highest BCUT2D eigenvalue weighted by Crippen LogP contribution is 2.36. The lowest BCUT2D eigenvalue weighted by atomic mass is 10.1. The number of hydrogen-bond donors (Lipinski definition) is 1. The van der Waals surface area contributed by atoms with E-state index in [1.165, 1.54) is 7.11 Å². The van der Waals surface area contributed by atoms with Crippen LogP contribution in [-0.2, 0) is 9.59 Å². The molecule has 1 N–H and O–H groups in total. The van der Waals surface area contributed by atoms with Gasteiger partial charge in [-0.3, -0.25) is 9.59 Å². The Bertz CT molecular complexity index is 868. The molecule has 7 nitrogen and oxygen atoms in total. The summed E-state index contributed by atoms with van der Waals surface area (Å²) >= 11 is 0. The molecule has 2 aromatic carbocycles. The lowest BCUT2D eigenvalue weighted by molar-refractivity contribution is -0.122. The molecule has 0 saturated carbocycles. The number of carbonyl (C=O) groups is 2. The first-order chi connectivity index (χ1) is 13.6. The van der Waals surface area contributed by atoms with E-state index in [4.69, 9.17) is 14.2 Å². The SMILES string of the molecule is CCOc1ccccc1NC(=O)[C@@H]1CC(=O)N(c2ccc(OC)cc2OC)C1. The van der Waals surface area contributed by atoms with Gasteiger partial charge < -0.3 is 24.4 Å². The standard InChI is InChI=1S/C21H24N2O5/c1-4-28-18-8-6-5-7-16(18)22-21(25)14-11-20(24)23(13-14)17-10-9-15(26-2)12-19(17)27-3/h5-10,12,14H,4,11,13H2,1-3H3,(H,22,25)/t14-/m1/s1. The quantitative estimate of drug-likeness (QED) is 0.794. The molecular weight excluding hydrogens is 360 g/mol. The molecule has 148 valence electrons. The molecule has 0 aliphatic carbocycles. The molecule has 1 atom stereocenters. The molecule has 0 radical (unpaired) electrons. The zero-order valence-electron chi connectivity index (χ0n) is 16.2. The number of nitrogens with zero attached hydrogens (tertiary/aromatic N) is 1. The van der Waals surface area contributed by atoms with Gasteiger partial charge in [-0.2, -0.15) is 0 Å². The van der Waals surface area contributed by atoms with Gasteiger partial charge in [0.1, 0.15) is 17.2 Å². The molecule has 0 bridgehead atoms. The van der Waals surface area contributed by atoms with Crippen LogP contribution in [0.4, 0.5) is 11.4 Å². The Hall–Kier alpha value is -3.22. The van der Waals surface area contributed by atoms with Crippen LogP contribution in [-0.4, -0.2) is 39.2 Å². The van der Waals surface area contributed by atoms with E-state index >= 15 is 0 Å². The number of rotatable bonds is 7. The number of nitrogens with one attached hydrogen (secondary N) is 1. The Morgan fingerprint density at radius 2 is 1.93 bits per heavy atom. The summed E-state index contributed by atoms with van der Waals surface area (Å²) in [5.41, 5.74) is 1.22. The van der Waals surface area contributed by atoms with Crippen molar-refractivity contribution in [3.05, 3.63) is 42.5 Å². The van der Waals surface area contributed by atoms with Crippen LogP contribution in [0.2, 0.25) is 0 Å². The Morgan fingerprint density at radius 3 is 2.64 bits per heavy atom. The van der Waals surface area contributed by atoms with Crippen molar-refractivity contribution < 1.29 is 23.8 Å². The molecule has 0 spiro atoms. The van der Waals surface area contributed by atoms with Crippen molar-refractivity contribution in [1.82, 2.24) is 0 Å². The summed E-state index contributed by atoms with van der Waals surface area (Å²) in [6.45, 7) is 2.67. The second-order valence-electron chi connectivity index (χ2n) is 6.36. The predicted molar refractivity (Wildman–Crippen MR) is 106 cm³/mol. The van der Waals surface area contributed by atoms with E-state index in [1.807, 2.05) is 19.1 Å². The fourth-order valence-corrected chi connectivity index (χ4v) is 3.21. The minimum atomic E-state index is -0.464. The van der Waals surface area contributed by atoms with E-state index in [9.17, 15) is 9.59 Å². The molecular formula is C21H24N2O5. The summed E-state index contributed by atoms with van der Waals surface area (Å²) in [5, 5.41) is 2.88. The largest absolute Gasteiger partial charge is 0.497 e. The van der Waals surface area contributed by atoms with E-state index < -0.39 is 5.92 Å². The maximum atomic E-state index is 12.8. The van der Waals surface area contributed by atoms with E-state index in [2.05, 4.69) is 5.32 Å². The monoisotopic (exact) mass is 384 g/mol. The highest BCUT2D eigenvalue weighted by molar-refractivity contribution is 6.04. The third kappa shape index (κ3) is 4.03. The van der Waals surface area contributed by atoms with Gasteiger partial charge in [0, 0.05) is 19.0 Å². The van der Waals surface area contributed by atoms with Gasteiger partial charge >= 0.3 is 0 Å². The molecule has 0 aromatic heterocycles. The molecule has 0 unspecified atom stereocenters. The second-order valence-corrected chi connectivity index (χ2v) is 6.36. The third-order valence-electron chi connectivity index (χ3n) is 4.62. The molecule has 28 heavy (non-hydrogen) atoms. The number of benzene rings is 2. The summed E-state index contributed by atoms with van der Waals surface area (Å²) in [6.07, 6.45) is 0.137. The maximum absolute atomic E-state index is 12.8. The van der Waals surface area contributed by atoms with Crippen LogP contribution in [0.1, 0.15) is 13.3 Å². The lowest BCUT2D eigenvalue weighted by Gasteiger charge is -2.20. The van der Waals surface area contributed by atoms with Crippen molar-refractivity contribution in [2.75, 3.05) is 37.6 Å². The van der Waals surface area contributed by atoms with Gasteiger partial charge in [0.15, 0.2) is 0 Å². The van der Waals surface area contributed by atoms with E-state index in [1.54, 1.807) is 42.3 Å². The predicted octanol–water partition coefficient (Wildman–Crippen LogP) is 3.09. The Morgan fingerprint density at radius 1 is 1.14 bits per heavy atom. The van der Waals surface area contributed by atoms with E-state index in [-0.39, 0.29) is 24.8 Å². The number of para-hydroxylation sites is 2. The van der Waals surface area contributed by atoms with Gasteiger partial charge in [-0.15, -0.1) is 0 Å². The van der Waals surface area contributed by atoms with Crippen LogP contribution in [0.5, 0.6) is 17.2 Å². The summed E-state index contributed by atoms with van der Waals surface area (Å²) < 4.78 is 16.1. The Labute approximate surface area is 164 Å². The van der Waals surface area contributed by atoms with Gasteiger partial charge in [0.05, 0.1) is 38.1 Å². The summed E-state index contributed by atoms with van der Waals surface area (Å²) in [7, 11) is 3.10. The first-order valence-corrected chi connectivity index (χ1v) is 9.12. The molecule has 2 aromatic rings. The highest BCUT2D eigenvalue weighted by atomic mass is 16.5. The molecule has 1 saturated heterocycles. The third-order valence-corrected chi connectivity index (χ3v) is 4.62. The number of ether oxygens (including phenoxy) is 3. The average Bonchev–Trinajstić information content (AvgIpc) is 3.10. The van der Waals surface area contributed by atoms with E-state index in [0.717, 1.165) is 0 Å². The van der Waals surface area contributed by atoms with E-state index in [0.29, 0.717) is 35.2 Å². The molecule has 1 heterocycles. The van der Waals surface area contributed by atoms with Crippen molar-refractivity contribution >= 4 is 23.2 Å². The van der Waals surface area contributed by atoms with Crippen LogP contribution in [0.15, 0.2) is 42.5 Å². The first kappa shape index (κ1) is 19.5. The van der Waals surface area contributed by atoms with Crippen LogP contribution < -0.4 is 24.4 Å². The maximum Gasteiger partial charge on any atom is 0.229 e. The smallest absolute Gasteiger partial charge is 0.229 e. The molecule has 3 rings (SSSR count). The molecule has 2 amide bonds. The molecule has 1 aliphatic rings. The minimum absolute atomic E-state index is 0.123. The van der Waals surface area contributed by atoms with Crippen molar-refractivity contribution in [3.63, 3.8) is 0 Å². The van der Waals surface area contributed by atoms with Gasteiger partial charge in [0.25, 0.3) is 0 Å². The van der Waals surface area contributed by atoms with Gasteiger partial charge in [0.2, 0.25) is 11.8 Å². The van der Waals surface area contributed by atoms with Crippen molar-refractivity contribution in [2.24, 2.45) is 5.92 Å². The fraction of sp³-hybridized carbons (Fsp3) is 0.333. The average molecular weight is 384 g/mol. The number of carbonyl (C=O) groups excluding carboxylic acids is 2. The second kappa shape index (κ2) is 8.65. The summed E-state index contributed by atoms with van der Waals surface area (Å²) in [5.74, 6) is 0.965.